The number of rotatable bonds is 3. The smallest absolute Gasteiger partial charge is 0.211 e. The topological polar surface area (TPSA) is 0 Å². The molecule has 0 N–H and O–H groups in total. The maximum Gasteiger partial charge on any atom is 2.00 e. The minimum Gasteiger partial charge on any atom is -0.211 e. The van der Waals surface area contributed by atoms with Crippen LogP contribution in [0.15, 0.2) is 54.6 Å². The summed E-state index contributed by atoms with van der Waals surface area (Å²) in [5.41, 5.74) is 4.15. The molecule has 0 aliphatic heterocycles. The zero-order chi connectivity index (χ0) is 12.6. The van der Waals surface area contributed by atoms with Crippen LogP contribution >= 0.6 is 0 Å². The van der Waals surface area contributed by atoms with Gasteiger partial charge in [0, 0.05) is 0 Å². The van der Waals surface area contributed by atoms with Gasteiger partial charge in [-0.3, -0.25) is 0 Å². The molecule has 1 aliphatic rings. The van der Waals surface area contributed by atoms with Crippen molar-refractivity contribution >= 4 is 0 Å². The van der Waals surface area contributed by atoms with E-state index in [0.29, 0.717) is 0 Å². The molecule has 2 aromatic rings. The Morgan fingerprint density at radius 2 is 2.05 bits per heavy atom. The fourth-order valence-electron chi connectivity index (χ4n) is 2.07. The molecule has 1 heteroatoms. The van der Waals surface area contributed by atoms with Crippen molar-refractivity contribution in [2.45, 2.75) is 32.6 Å². The number of fused-ring (bicyclic) bond motifs is 1. The summed E-state index contributed by atoms with van der Waals surface area (Å²) in [5, 5.41) is 0. The van der Waals surface area contributed by atoms with Gasteiger partial charge in [0.2, 0.25) is 0 Å². The second-order valence-corrected chi connectivity index (χ2v) is 4.61. The van der Waals surface area contributed by atoms with Crippen LogP contribution in [0.3, 0.4) is 0 Å². The van der Waals surface area contributed by atoms with Crippen LogP contribution in [0.25, 0.3) is 0 Å². The molecule has 0 unspecified atom stereocenters. The first-order valence-corrected chi connectivity index (χ1v) is 6.77. The standard InChI is InChI=1S/C9H7.C9H13.Zr/c1-2-5-9-7-3-6-8(9)4-1;1-2-3-6-9-7-4-5-8-9;/h1-5H,6H2;4-5,7-8H,2-3,6H2,1H3;/q2*-1;+2. The molecule has 0 saturated heterocycles. The van der Waals surface area contributed by atoms with Crippen molar-refractivity contribution in [3.05, 3.63) is 77.4 Å². The molecule has 0 atom stereocenters. The molecule has 2 aromatic carbocycles. The first-order valence-electron chi connectivity index (χ1n) is 6.77. The molecule has 0 heterocycles. The Hall–Kier alpha value is -0.807. The largest absolute Gasteiger partial charge is 2.00 e. The van der Waals surface area contributed by atoms with Gasteiger partial charge in [-0.05, 0) is 0 Å². The third kappa shape index (κ3) is 5.37. The van der Waals surface area contributed by atoms with E-state index in [9.17, 15) is 0 Å². The molecule has 0 amide bonds. The first-order chi connectivity index (χ1) is 8.90. The quantitative estimate of drug-likeness (QED) is 0.717. The monoisotopic (exact) mass is 326 g/mol. The van der Waals surface area contributed by atoms with Gasteiger partial charge < -0.3 is 0 Å². The van der Waals surface area contributed by atoms with Gasteiger partial charge in [0.15, 0.2) is 0 Å². The SMILES string of the molecule is CCCCc1cc[cH-]c1.[C-]1=CCc2ccccc21.[Zr+2]. The molecule has 0 fully saturated rings. The summed E-state index contributed by atoms with van der Waals surface area (Å²) in [7, 11) is 0. The van der Waals surface area contributed by atoms with Gasteiger partial charge in [-0.15, -0.1) is 17.7 Å². The Balaban J connectivity index is 0.000000180. The molecule has 0 aromatic heterocycles. The maximum atomic E-state index is 3.18. The van der Waals surface area contributed by atoms with Crippen LogP contribution in [-0.4, -0.2) is 0 Å². The molecule has 0 radical (unpaired) electrons. The van der Waals surface area contributed by atoms with E-state index in [1.54, 1.807) is 0 Å². The molecular weight excluding hydrogens is 307 g/mol. The van der Waals surface area contributed by atoms with Crippen molar-refractivity contribution in [3.8, 4) is 0 Å². The van der Waals surface area contributed by atoms with Crippen molar-refractivity contribution < 1.29 is 26.2 Å². The van der Waals surface area contributed by atoms with Crippen LogP contribution in [0.4, 0.5) is 0 Å². The van der Waals surface area contributed by atoms with E-state index >= 15 is 0 Å². The van der Waals surface area contributed by atoms with Gasteiger partial charge in [-0.2, -0.15) is 47.5 Å². The molecule has 3 rings (SSSR count). The van der Waals surface area contributed by atoms with E-state index in [1.807, 2.05) is 6.07 Å². The van der Waals surface area contributed by atoms with Gasteiger partial charge in [-0.25, -0.2) is 6.07 Å². The Kier molecular flexibility index (Phi) is 7.83. The van der Waals surface area contributed by atoms with Crippen LogP contribution in [0.2, 0.25) is 0 Å². The van der Waals surface area contributed by atoms with E-state index in [2.05, 4.69) is 61.5 Å². The number of allylic oxidation sites excluding steroid dienone is 1. The van der Waals surface area contributed by atoms with E-state index in [1.165, 1.54) is 36.0 Å². The second kappa shape index (κ2) is 9.15. The normalized spacial score (nSPS) is 11.2. The fourth-order valence-corrected chi connectivity index (χ4v) is 2.07. The molecule has 19 heavy (non-hydrogen) atoms. The van der Waals surface area contributed by atoms with Gasteiger partial charge in [0.25, 0.3) is 0 Å². The van der Waals surface area contributed by atoms with E-state index in [4.69, 9.17) is 0 Å². The molecule has 0 nitrogen and oxygen atoms in total. The van der Waals surface area contributed by atoms with Crippen molar-refractivity contribution in [3.63, 3.8) is 0 Å². The minimum atomic E-state index is 0. The minimum absolute atomic E-state index is 0. The Morgan fingerprint density at radius 1 is 1.21 bits per heavy atom. The number of unbranched alkanes of at least 4 members (excludes halogenated alkanes) is 1. The summed E-state index contributed by atoms with van der Waals surface area (Å²) in [5.74, 6) is 0. The zero-order valence-corrected chi connectivity index (χ0v) is 14.0. The van der Waals surface area contributed by atoms with Crippen LogP contribution in [0, 0.1) is 6.08 Å². The van der Waals surface area contributed by atoms with E-state index < -0.39 is 0 Å². The third-order valence-electron chi connectivity index (χ3n) is 3.15. The van der Waals surface area contributed by atoms with Crippen molar-refractivity contribution in [2.75, 3.05) is 0 Å². The van der Waals surface area contributed by atoms with Crippen LogP contribution in [-0.2, 0) is 39.0 Å². The van der Waals surface area contributed by atoms with Crippen molar-refractivity contribution in [2.24, 2.45) is 0 Å². The summed E-state index contributed by atoms with van der Waals surface area (Å²) in [6, 6.07) is 16.9. The maximum absolute atomic E-state index is 3.18. The summed E-state index contributed by atoms with van der Waals surface area (Å²) in [6.45, 7) is 2.23. The first kappa shape index (κ1) is 16.2. The summed E-state index contributed by atoms with van der Waals surface area (Å²) in [6.07, 6.45) is 10.2. The Morgan fingerprint density at radius 3 is 2.74 bits per heavy atom. The van der Waals surface area contributed by atoms with Crippen LogP contribution in [0.1, 0.15) is 36.5 Å². The molecule has 96 valence electrons. The zero-order valence-electron chi connectivity index (χ0n) is 11.5. The molecule has 0 bridgehead atoms. The average molecular weight is 328 g/mol. The predicted octanol–water partition coefficient (Wildman–Crippen LogP) is 4.70. The second-order valence-electron chi connectivity index (χ2n) is 4.61. The number of aryl methyl sites for hydroxylation is 1. The Labute approximate surface area is 136 Å². The third-order valence-corrected chi connectivity index (χ3v) is 3.15. The Bertz CT molecular complexity index is 480. The van der Waals surface area contributed by atoms with Crippen molar-refractivity contribution in [1.29, 1.82) is 0 Å². The van der Waals surface area contributed by atoms with Crippen molar-refractivity contribution in [1.82, 2.24) is 0 Å². The van der Waals surface area contributed by atoms with Crippen LogP contribution in [0.5, 0.6) is 0 Å². The summed E-state index contributed by atoms with van der Waals surface area (Å²) < 4.78 is 0. The molecule has 1 aliphatic carbocycles. The average Bonchev–Trinajstić information content (AvgIpc) is 3.08. The predicted molar refractivity (Wildman–Crippen MR) is 77.7 cm³/mol. The van der Waals surface area contributed by atoms with E-state index in [-0.39, 0.29) is 26.2 Å². The molecule has 0 spiro atoms. The molecular formula is C18H20Zr. The number of hydrogen-bond donors (Lipinski definition) is 0. The van der Waals surface area contributed by atoms with Gasteiger partial charge >= 0.3 is 26.2 Å². The summed E-state index contributed by atoms with van der Waals surface area (Å²) >= 11 is 0. The van der Waals surface area contributed by atoms with Gasteiger partial charge in [-0.1, -0.05) is 38.7 Å². The van der Waals surface area contributed by atoms with Gasteiger partial charge in [0.1, 0.15) is 0 Å². The number of hydrogen-bond acceptors (Lipinski definition) is 0. The van der Waals surface area contributed by atoms with Crippen LogP contribution < -0.4 is 0 Å². The fraction of sp³-hybridized carbons (Fsp3) is 0.278. The van der Waals surface area contributed by atoms with Gasteiger partial charge in [0.05, 0.1) is 0 Å². The van der Waals surface area contributed by atoms with E-state index in [0.717, 1.165) is 6.42 Å². The molecule has 0 saturated carbocycles. The summed E-state index contributed by atoms with van der Waals surface area (Å²) in [4.78, 5) is 0. The number of benzene rings is 1.